The van der Waals surface area contributed by atoms with E-state index < -0.39 is 5.97 Å². The van der Waals surface area contributed by atoms with Gasteiger partial charge in [0.2, 0.25) is 5.91 Å². The molecule has 1 fully saturated rings. The Kier molecular flexibility index (Phi) is 3.51. The van der Waals surface area contributed by atoms with Gasteiger partial charge in [-0.05, 0) is 13.3 Å². The van der Waals surface area contributed by atoms with Gasteiger partial charge in [-0.2, -0.15) is 0 Å². The fourth-order valence-electron chi connectivity index (χ4n) is 1.87. The Hall–Kier alpha value is -1.63. The number of amides is 1. The predicted octanol–water partition coefficient (Wildman–Crippen LogP) is 0.818. The van der Waals surface area contributed by atoms with Crippen molar-refractivity contribution in [1.29, 1.82) is 0 Å². The molecule has 0 saturated carbocycles. The number of aromatic carboxylic acids is 1. The molecule has 18 heavy (non-hydrogen) atoms. The molecular weight excluding hydrogens is 254 g/mol. The molecule has 6 nitrogen and oxygen atoms in total. The van der Waals surface area contributed by atoms with Crippen molar-refractivity contribution in [1.82, 2.24) is 9.88 Å². The van der Waals surface area contributed by atoms with Gasteiger partial charge in [-0.3, -0.25) is 4.79 Å². The molecule has 1 N–H and O–H groups in total. The molecule has 1 aliphatic heterocycles. The summed E-state index contributed by atoms with van der Waals surface area (Å²) in [5.41, 5.74) is 0.507. The Morgan fingerprint density at radius 3 is 2.78 bits per heavy atom. The van der Waals surface area contributed by atoms with Gasteiger partial charge in [-0.15, -0.1) is 0 Å². The van der Waals surface area contributed by atoms with Gasteiger partial charge in [0.25, 0.3) is 0 Å². The number of rotatable bonds is 2. The third-order valence-corrected chi connectivity index (χ3v) is 4.13. The standard InChI is InChI=1S/C11H15N3O3S/c1-7-9(10(16)17)18-11(12-7)14-5-3-4-13(2)8(15)6-14/h3-6H2,1-2H3,(H,16,17). The average molecular weight is 269 g/mol. The fraction of sp³-hybridized carbons (Fsp3) is 0.545. The highest BCUT2D eigenvalue weighted by Gasteiger charge is 2.23. The first-order chi connectivity index (χ1) is 8.49. The summed E-state index contributed by atoms with van der Waals surface area (Å²) < 4.78 is 0. The van der Waals surface area contributed by atoms with Crippen molar-refractivity contribution in [3.05, 3.63) is 10.6 Å². The van der Waals surface area contributed by atoms with Gasteiger partial charge in [-0.1, -0.05) is 11.3 Å². The van der Waals surface area contributed by atoms with E-state index in [0.29, 0.717) is 10.8 Å². The third-order valence-electron chi connectivity index (χ3n) is 2.92. The molecule has 0 bridgehead atoms. The molecule has 2 rings (SSSR count). The molecular formula is C11H15N3O3S. The second-order valence-corrected chi connectivity index (χ2v) is 5.28. The summed E-state index contributed by atoms with van der Waals surface area (Å²) in [6.07, 6.45) is 0.864. The predicted molar refractivity (Wildman–Crippen MR) is 68.3 cm³/mol. The number of carbonyl (C=O) groups is 2. The van der Waals surface area contributed by atoms with E-state index in [4.69, 9.17) is 5.11 Å². The van der Waals surface area contributed by atoms with Crippen molar-refractivity contribution in [2.24, 2.45) is 0 Å². The van der Waals surface area contributed by atoms with Gasteiger partial charge in [0.1, 0.15) is 4.88 Å². The van der Waals surface area contributed by atoms with E-state index >= 15 is 0 Å². The first kappa shape index (κ1) is 12.8. The summed E-state index contributed by atoms with van der Waals surface area (Å²) in [7, 11) is 1.78. The summed E-state index contributed by atoms with van der Waals surface area (Å²) >= 11 is 1.13. The van der Waals surface area contributed by atoms with Crippen molar-refractivity contribution in [3.8, 4) is 0 Å². The maximum absolute atomic E-state index is 11.8. The van der Waals surface area contributed by atoms with Crippen LogP contribution in [0.5, 0.6) is 0 Å². The molecule has 1 saturated heterocycles. The van der Waals surface area contributed by atoms with Crippen LogP contribution in [-0.2, 0) is 4.79 Å². The Morgan fingerprint density at radius 1 is 1.44 bits per heavy atom. The zero-order valence-electron chi connectivity index (χ0n) is 10.3. The van der Waals surface area contributed by atoms with E-state index in [9.17, 15) is 9.59 Å². The monoisotopic (exact) mass is 269 g/mol. The Labute approximate surface area is 109 Å². The number of aromatic nitrogens is 1. The molecule has 7 heteroatoms. The number of anilines is 1. The minimum absolute atomic E-state index is 0.0391. The molecule has 1 aromatic rings. The zero-order valence-corrected chi connectivity index (χ0v) is 11.2. The molecule has 1 aromatic heterocycles. The van der Waals surface area contributed by atoms with Crippen LogP contribution in [0.3, 0.4) is 0 Å². The highest BCUT2D eigenvalue weighted by Crippen LogP contribution is 2.26. The van der Waals surface area contributed by atoms with Crippen molar-refractivity contribution >= 4 is 28.3 Å². The number of aryl methyl sites for hydroxylation is 1. The van der Waals surface area contributed by atoms with Crippen LogP contribution in [0.15, 0.2) is 0 Å². The SMILES string of the molecule is Cc1nc(N2CCCN(C)C(=O)C2)sc1C(=O)O. The smallest absolute Gasteiger partial charge is 0.347 e. The molecule has 0 radical (unpaired) electrons. The second-order valence-electron chi connectivity index (χ2n) is 4.31. The Balaban J connectivity index is 2.23. The molecule has 98 valence electrons. The molecule has 2 heterocycles. The summed E-state index contributed by atoms with van der Waals surface area (Å²) in [6.45, 7) is 3.39. The maximum atomic E-state index is 11.8. The van der Waals surface area contributed by atoms with Crippen LogP contribution < -0.4 is 4.90 Å². The summed E-state index contributed by atoms with van der Waals surface area (Å²) in [5.74, 6) is -0.924. The highest BCUT2D eigenvalue weighted by molar-refractivity contribution is 7.17. The van der Waals surface area contributed by atoms with Gasteiger partial charge in [0.15, 0.2) is 5.13 Å². The van der Waals surface area contributed by atoms with Crippen LogP contribution >= 0.6 is 11.3 Å². The Morgan fingerprint density at radius 2 is 2.17 bits per heavy atom. The lowest BCUT2D eigenvalue weighted by Gasteiger charge is -2.18. The van der Waals surface area contributed by atoms with Crippen LogP contribution in [-0.4, -0.2) is 53.5 Å². The van der Waals surface area contributed by atoms with E-state index in [0.717, 1.165) is 30.8 Å². The quantitative estimate of drug-likeness (QED) is 0.860. The lowest BCUT2D eigenvalue weighted by molar-refractivity contribution is -0.127. The second kappa shape index (κ2) is 4.93. The molecule has 0 aliphatic carbocycles. The number of carbonyl (C=O) groups excluding carboxylic acids is 1. The number of likely N-dealkylation sites (N-methyl/N-ethyl adjacent to an activating group) is 1. The minimum atomic E-state index is -0.963. The zero-order chi connectivity index (χ0) is 13.3. The van der Waals surface area contributed by atoms with Crippen molar-refractivity contribution in [2.45, 2.75) is 13.3 Å². The van der Waals surface area contributed by atoms with Crippen LogP contribution in [0.25, 0.3) is 0 Å². The largest absolute Gasteiger partial charge is 0.477 e. The molecule has 1 aliphatic rings. The van der Waals surface area contributed by atoms with Crippen molar-refractivity contribution < 1.29 is 14.7 Å². The van der Waals surface area contributed by atoms with E-state index in [1.165, 1.54) is 0 Å². The van der Waals surface area contributed by atoms with E-state index in [1.807, 2.05) is 4.90 Å². The molecule has 0 atom stereocenters. The lowest BCUT2D eigenvalue weighted by Crippen LogP contribution is -2.34. The van der Waals surface area contributed by atoms with Crippen LogP contribution in [0, 0.1) is 6.92 Å². The van der Waals surface area contributed by atoms with Gasteiger partial charge in [0.05, 0.1) is 12.2 Å². The molecule has 0 spiro atoms. The van der Waals surface area contributed by atoms with Gasteiger partial charge < -0.3 is 14.9 Å². The molecule has 0 unspecified atom stereocenters. The van der Waals surface area contributed by atoms with E-state index in [-0.39, 0.29) is 17.3 Å². The minimum Gasteiger partial charge on any atom is -0.477 e. The van der Waals surface area contributed by atoms with Crippen LogP contribution in [0.2, 0.25) is 0 Å². The maximum Gasteiger partial charge on any atom is 0.347 e. The molecule has 0 aromatic carbocycles. The lowest BCUT2D eigenvalue weighted by atomic mass is 10.4. The number of carboxylic acid groups (broad SMARTS) is 1. The fourth-order valence-corrected chi connectivity index (χ4v) is 2.80. The number of hydrogen-bond donors (Lipinski definition) is 1. The van der Waals surface area contributed by atoms with Crippen LogP contribution in [0.1, 0.15) is 21.8 Å². The summed E-state index contributed by atoms with van der Waals surface area (Å²) in [5, 5.41) is 9.62. The van der Waals surface area contributed by atoms with Crippen molar-refractivity contribution in [3.63, 3.8) is 0 Å². The molecule has 1 amide bonds. The van der Waals surface area contributed by atoms with E-state index in [1.54, 1.807) is 18.9 Å². The van der Waals surface area contributed by atoms with Crippen LogP contribution in [0.4, 0.5) is 5.13 Å². The number of thiazole rings is 1. The number of hydrogen-bond acceptors (Lipinski definition) is 5. The number of nitrogens with zero attached hydrogens (tertiary/aromatic N) is 3. The van der Waals surface area contributed by atoms with Crippen molar-refractivity contribution in [2.75, 3.05) is 31.6 Å². The first-order valence-corrected chi connectivity index (χ1v) is 6.50. The summed E-state index contributed by atoms with van der Waals surface area (Å²) in [4.78, 5) is 30.8. The highest BCUT2D eigenvalue weighted by atomic mass is 32.1. The normalized spacial score (nSPS) is 16.9. The van der Waals surface area contributed by atoms with E-state index in [2.05, 4.69) is 4.98 Å². The topological polar surface area (TPSA) is 73.7 Å². The number of carboxylic acids is 1. The third kappa shape index (κ3) is 2.45. The average Bonchev–Trinajstić information content (AvgIpc) is 2.61. The Bertz CT molecular complexity index is 486. The van der Waals surface area contributed by atoms with Gasteiger partial charge >= 0.3 is 5.97 Å². The summed E-state index contributed by atoms with van der Waals surface area (Å²) in [6, 6.07) is 0. The van der Waals surface area contributed by atoms with Gasteiger partial charge in [0, 0.05) is 20.1 Å². The first-order valence-electron chi connectivity index (χ1n) is 5.68. The van der Waals surface area contributed by atoms with Gasteiger partial charge in [-0.25, -0.2) is 9.78 Å².